The summed E-state index contributed by atoms with van der Waals surface area (Å²) in [4.78, 5) is 0. The van der Waals surface area contributed by atoms with Crippen LogP contribution in [-0.4, -0.2) is 0 Å². The lowest BCUT2D eigenvalue weighted by Gasteiger charge is -1.99. The van der Waals surface area contributed by atoms with Gasteiger partial charge in [-0.1, -0.05) is 12.1 Å². The Labute approximate surface area is 91.1 Å². The van der Waals surface area contributed by atoms with Gasteiger partial charge in [-0.3, -0.25) is 0 Å². The van der Waals surface area contributed by atoms with Crippen LogP contribution in [-0.2, 0) is 0 Å². The van der Waals surface area contributed by atoms with Crippen molar-refractivity contribution < 1.29 is 8.83 Å². The first-order valence-corrected chi connectivity index (χ1v) is 5.20. The van der Waals surface area contributed by atoms with Crippen molar-refractivity contribution in [3.63, 3.8) is 0 Å². The minimum Gasteiger partial charge on any atom is -0.464 e. The summed E-state index contributed by atoms with van der Waals surface area (Å²) in [6.07, 6.45) is 3.44. The van der Waals surface area contributed by atoms with Gasteiger partial charge in [-0.15, -0.1) is 0 Å². The molecule has 0 atom stereocenters. The van der Waals surface area contributed by atoms with Gasteiger partial charge < -0.3 is 8.83 Å². The second-order valence-electron chi connectivity index (χ2n) is 3.90. The average Bonchev–Trinajstić information content (AvgIpc) is 2.96. The highest BCUT2D eigenvalue weighted by Gasteiger charge is 2.07. The van der Waals surface area contributed by atoms with Crippen LogP contribution < -0.4 is 0 Å². The fraction of sp³-hybridized carbons (Fsp3) is 0. The molecule has 16 heavy (non-hydrogen) atoms. The van der Waals surface area contributed by atoms with Crippen LogP contribution in [0.4, 0.5) is 0 Å². The predicted octanol–water partition coefficient (Wildman–Crippen LogP) is 4.33. The molecule has 0 unspecified atom stereocenters. The average molecular weight is 208 g/mol. The van der Waals surface area contributed by atoms with E-state index in [1.54, 1.807) is 12.5 Å². The molecule has 0 saturated carbocycles. The highest BCUT2D eigenvalue weighted by Crippen LogP contribution is 2.31. The van der Waals surface area contributed by atoms with E-state index in [2.05, 4.69) is 24.3 Å². The second-order valence-corrected chi connectivity index (χ2v) is 3.90. The Morgan fingerprint density at radius 2 is 1.06 bits per heavy atom. The van der Waals surface area contributed by atoms with Crippen molar-refractivity contribution in [2.75, 3.05) is 0 Å². The molecule has 0 amide bonds. The molecule has 2 aromatic carbocycles. The van der Waals surface area contributed by atoms with Crippen LogP contribution in [0.1, 0.15) is 0 Å². The molecule has 0 fully saturated rings. The molecule has 2 aromatic heterocycles. The lowest BCUT2D eigenvalue weighted by molar-refractivity contribution is 0.616. The molecule has 0 spiro atoms. The van der Waals surface area contributed by atoms with Crippen LogP contribution >= 0.6 is 0 Å². The van der Waals surface area contributed by atoms with Gasteiger partial charge in [-0.25, -0.2) is 0 Å². The summed E-state index contributed by atoms with van der Waals surface area (Å²) in [5, 5.41) is 4.45. The van der Waals surface area contributed by atoms with Gasteiger partial charge in [0, 0.05) is 21.5 Å². The first-order chi connectivity index (χ1) is 7.93. The third kappa shape index (κ3) is 0.865. The van der Waals surface area contributed by atoms with Crippen molar-refractivity contribution >= 4 is 32.7 Å². The number of benzene rings is 2. The normalized spacial score (nSPS) is 11.8. The molecule has 0 bridgehead atoms. The third-order valence-electron chi connectivity index (χ3n) is 3.03. The molecule has 2 heterocycles. The van der Waals surface area contributed by atoms with Gasteiger partial charge in [-0.2, -0.15) is 0 Å². The van der Waals surface area contributed by atoms with Crippen molar-refractivity contribution in [2.24, 2.45) is 0 Å². The minimum atomic E-state index is 0.927. The molecule has 0 radical (unpaired) electrons. The maximum absolute atomic E-state index is 5.51. The fourth-order valence-corrected chi connectivity index (χ4v) is 2.26. The Hall–Kier alpha value is -2.22. The number of hydrogen-bond acceptors (Lipinski definition) is 2. The van der Waals surface area contributed by atoms with Crippen LogP contribution in [0.2, 0.25) is 0 Å². The van der Waals surface area contributed by atoms with Crippen molar-refractivity contribution in [2.45, 2.75) is 0 Å². The number of hydrogen-bond donors (Lipinski definition) is 0. The highest BCUT2D eigenvalue weighted by molar-refractivity contribution is 6.13. The summed E-state index contributed by atoms with van der Waals surface area (Å²) in [7, 11) is 0. The smallest absolute Gasteiger partial charge is 0.141 e. The SMILES string of the molecule is c1cc2ccc3c(ccc4ccoc43)c2o1. The van der Waals surface area contributed by atoms with Gasteiger partial charge in [0.05, 0.1) is 12.5 Å². The second kappa shape index (κ2) is 2.67. The van der Waals surface area contributed by atoms with Crippen molar-refractivity contribution in [3.8, 4) is 0 Å². The monoisotopic (exact) mass is 208 g/mol. The van der Waals surface area contributed by atoms with E-state index in [1.807, 2.05) is 12.1 Å². The molecule has 4 rings (SSSR count). The maximum Gasteiger partial charge on any atom is 0.141 e. The van der Waals surface area contributed by atoms with E-state index in [4.69, 9.17) is 8.83 Å². The largest absolute Gasteiger partial charge is 0.464 e. The predicted molar refractivity (Wildman–Crippen MR) is 63.5 cm³/mol. The van der Waals surface area contributed by atoms with Gasteiger partial charge in [-0.05, 0) is 24.3 Å². The van der Waals surface area contributed by atoms with E-state index < -0.39 is 0 Å². The number of rotatable bonds is 0. The fourth-order valence-electron chi connectivity index (χ4n) is 2.26. The molecular weight excluding hydrogens is 200 g/mol. The minimum absolute atomic E-state index is 0.927. The van der Waals surface area contributed by atoms with Gasteiger partial charge in [0.15, 0.2) is 0 Å². The lowest BCUT2D eigenvalue weighted by atomic mass is 10.1. The zero-order chi connectivity index (χ0) is 10.5. The molecule has 4 aromatic rings. The molecule has 0 aliphatic rings. The number of furan rings is 2. The quantitative estimate of drug-likeness (QED) is 0.430. The van der Waals surface area contributed by atoms with E-state index in [0.717, 1.165) is 32.7 Å². The Balaban J connectivity index is 2.38. The summed E-state index contributed by atoms with van der Waals surface area (Å²) in [6.45, 7) is 0. The van der Waals surface area contributed by atoms with Gasteiger partial charge in [0.2, 0.25) is 0 Å². The van der Waals surface area contributed by atoms with E-state index in [0.29, 0.717) is 0 Å². The van der Waals surface area contributed by atoms with Crippen molar-refractivity contribution in [1.82, 2.24) is 0 Å². The topological polar surface area (TPSA) is 26.3 Å². The molecule has 76 valence electrons. The summed E-state index contributed by atoms with van der Waals surface area (Å²) in [5.41, 5.74) is 1.85. The summed E-state index contributed by atoms with van der Waals surface area (Å²) in [6, 6.07) is 12.2. The first kappa shape index (κ1) is 7.99. The summed E-state index contributed by atoms with van der Waals surface area (Å²) >= 11 is 0. The lowest BCUT2D eigenvalue weighted by Crippen LogP contribution is -1.74. The van der Waals surface area contributed by atoms with Crippen LogP contribution in [0, 0.1) is 0 Å². The standard InChI is InChI=1S/C14H8O2/c1-3-11-12(13-9(1)5-7-15-13)4-2-10-6-8-16-14(10)11/h1-8H. The van der Waals surface area contributed by atoms with E-state index >= 15 is 0 Å². The van der Waals surface area contributed by atoms with Crippen LogP contribution in [0.3, 0.4) is 0 Å². The van der Waals surface area contributed by atoms with E-state index in [-0.39, 0.29) is 0 Å². The zero-order valence-electron chi connectivity index (χ0n) is 8.44. The Bertz CT molecular complexity index is 735. The number of fused-ring (bicyclic) bond motifs is 5. The molecule has 0 saturated heterocycles. The molecular formula is C14H8O2. The summed E-state index contributed by atoms with van der Waals surface area (Å²) in [5.74, 6) is 0. The van der Waals surface area contributed by atoms with E-state index in [1.165, 1.54) is 0 Å². The van der Waals surface area contributed by atoms with Crippen molar-refractivity contribution in [3.05, 3.63) is 48.9 Å². The Kier molecular flexibility index (Phi) is 1.33. The van der Waals surface area contributed by atoms with Crippen LogP contribution in [0.5, 0.6) is 0 Å². The molecule has 0 N–H and O–H groups in total. The Morgan fingerprint density at radius 1 is 0.562 bits per heavy atom. The third-order valence-corrected chi connectivity index (χ3v) is 3.03. The maximum atomic E-state index is 5.51. The molecule has 0 aliphatic carbocycles. The van der Waals surface area contributed by atoms with Gasteiger partial charge in [0.1, 0.15) is 11.2 Å². The summed E-state index contributed by atoms with van der Waals surface area (Å²) < 4.78 is 11.0. The van der Waals surface area contributed by atoms with Crippen LogP contribution in [0.15, 0.2) is 57.8 Å². The van der Waals surface area contributed by atoms with Gasteiger partial charge in [0.25, 0.3) is 0 Å². The molecule has 2 nitrogen and oxygen atoms in total. The van der Waals surface area contributed by atoms with E-state index in [9.17, 15) is 0 Å². The van der Waals surface area contributed by atoms with Crippen molar-refractivity contribution in [1.29, 1.82) is 0 Å². The molecule has 0 aliphatic heterocycles. The zero-order valence-corrected chi connectivity index (χ0v) is 8.44. The molecule has 2 heteroatoms. The van der Waals surface area contributed by atoms with Crippen LogP contribution in [0.25, 0.3) is 32.7 Å². The van der Waals surface area contributed by atoms with Gasteiger partial charge >= 0.3 is 0 Å². The first-order valence-electron chi connectivity index (χ1n) is 5.20. The highest BCUT2D eigenvalue weighted by atomic mass is 16.3. The Morgan fingerprint density at radius 3 is 1.56 bits per heavy atom.